The molecule has 4 N–H and O–H groups in total. The number of rotatable bonds is 8. The molecule has 1 aliphatic heterocycles. The molecule has 11 heteroatoms. The van der Waals surface area contributed by atoms with Crippen LogP contribution in [0.2, 0.25) is 0 Å². The molecule has 0 bridgehead atoms. The van der Waals surface area contributed by atoms with Crippen molar-refractivity contribution in [1.82, 2.24) is 25.1 Å². The zero-order valence-electron chi connectivity index (χ0n) is 22.0. The molecule has 3 heterocycles. The Bertz CT molecular complexity index is 1360. The Morgan fingerprint density at radius 2 is 1.87 bits per heavy atom. The molecule has 4 rings (SSSR count). The number of aryl methyl sites for hydroxylation is 1. The fourth-order valence-electron chi connectivity index (χ4n) is 4.72. The molecule has 2 amide bonds. The number of carbonyl (C=O) groups excluding carboxylic acids is 2. The van der Waals surface area contributed by atoms with Crippen molar-refractivity contribution in [2.24, 2.45) is 0 Å². The highest BCUT2D eigenvalue weighted by atomic mass is 35.5. The van der Waals surface area contributed by atoms with Crippen LogP contribution in [0.15, 0.2) is 41.2 Å². The highest BCUT2D eigenvalue weighted by molar-refractivity contribution is 6.01. The molecule has 0 radical (unpaired) electrons. The number of morpholine rings is 1. The molecule has 0 aliphatic carbocycles. The number of likely N-dealkylation sites (N-methyl/N-ethyl adjacent to an activating group) is 1. The van der Waals surface area contributed by atoms with Crippen molar-refractivity contribution in [1.29, 1.82) is 0 Å². The number of pyridine rings is 2. The third-order valence-electron chi connectivity index (χ3n) is 6.82. The predicted octanol–water partition coefficient (Wildman–Crippen LogP) is 1.83. The second kappa shape index (κ2) is 12.9. The Labute approximate surface area is 228 Å². The summed E-state index contributed by atoms with van der Waals surface area (Å²) in [6, 6.07) is 11.2. The zero-order chi connectivity index (χ0) is 26.5. The van der Waals surface area contributed by atoms with Gasteiger partial charge in [-0.05, 0) is 31.2 Å². The molecule has 0 saturated carbocycles. The number of aromatic nitrogens is 2. The van der Waals surface area contributed by atoms with Gasteiger partial charge in [0, 0.05) is 32.2 Å². The maximum Gasteiger partial charge on any atom is 0.258 e. The number of ether oxygens (including phenoxy) is 1. The molecule has 1 atom stereocenters. The lowest BCUT2D eigenvalue weighted by atomic mass is 10.0. The van der Waals surface area contributed by atoms with Gasteiger partial charge < -0.3 is 25.7 Å². The Morgan fingerprint density at radius 3 is 2.53 bits per heavy atom. The molecule has 1 unspecified atom stereocenters. The third kappa shape index (κ3) is 5.98. The fourth-order valence-corrected chi connectivity index (χ4v) is 4.72. The number of halogens is 1. The van der Waals surface area contributed by atoms with E-state index in [0.717, 1.165) is 30.8 Å². The van der Waals surface area contributed by atoms with Crippen LogP contribution in [0, 0.1) is 0 Å². The number of hydrogen-bond acceptors (Lipinski definition) is 7. The van der Waals surface area contributed by atoms with E-state index in [1.165, 1.54) is 7.05 Å². The highest BCUT2D eigenvalue weighted by Crippen LogP contribution is 2.23. The van der Waals surface area contributed by atoms with Gasteiger partial charge in [-0.1, -0.05) is 31.2 Å². The highest BCUT2D eigenvalue weighted by Gasteiger charge is 2.22. The van der Waals surface area contributed by atoms with Crippen molar-refractivity contribution < 1.29 is 14.3 Å². The molecule has 0 spiro atoms. The van der Waals surface area contributed by atoms with Crippen molar-refractivity contribution in [3.63, 3.8) is 0 Å². The van der Waals surface area contributed by atoms with E-state index in [1.54, 1.807) is 16.7 Å². The fraction of sp³-hybridized carbons (Fsp3) is 0.407. The topological polar surface area (TPSA) is 132 Å². The van der Waals surface area contributed by atoms with E-state index in [9.17, 15) is 14.4 Å². The van der Waals surface area contributed by atoms with Gasteiger partial charge in [0.2, 0.25) is 11.3 Å². The minimum Gasteiger partial charge on any atom is -0.384 e. The van der Waals surface area contributed by atoms with Gasteiger partial charge in [0.1, 0.15) is 17.0 Å². The number of carbonyl (C=O) groups is 2. The maximum atomic E-state index is 13.0. The van der Waals surface area contributed by atoms with Crippen LogP contribution in [-0.4, -0.2) is 72.2 Å². The quantitative estimate of drug-likeness (QED) is 0.395. The molecule has 10 nitrogen and oxygen atoms in total. The first-order valence-electron chi connectivity index (χ1n) is 12.6. The van der Waals surface area contributed by atoms with E-state index in [4.69, 9.17) is 15.5 Å². The summed E-state index contributed by atoms with van der Waals surface area (Å²) >= 11 is 0. The Hall–Kier alpha value is -3.47. The molecule has 3 aromatic rings. The Kier molecular flexibility index (Phi) is 9.84. The summed E-state index contributed by atoms with van der Waals surface area (Å²) in [5.74, 6) is -0.468. The predicted molar refractivity (Wildman–Crippen MR) is 151 cm³/mol. The summed E-state index contributed by atoms with van der Waals surface area (Å²) < 4.78 is 7.22. The zero-order valence-corrected chi connectivity index (χ0v) is 22.8. The van der Waals surface area contributed by atoms with Crippen LogP contribution >= 0.6 is 12.4 Å². The first kappa shape index (κ1) is 29.1. The summed E-state index contributed by atoms with van der Waals surface area (Å²) in [6.45, 7) is 8.19. The summed E-state index contributed by atoms with van der Waals surface area (Å²) in [4.78, 5) is 44.8. The summed E-state index contributed by atoms with van der Waals surface area (Å²) in [5, 5.41) is 5.83. The number of nitrogens with two attached hydrogens (primary N) is 1. The lowest BCUT2D eigenvalue weighted by molar-refractivity contribution is -0.121. The van der Waals surface area contributed by atoms with Gasteiger partial charge in [0.25, 0.3) is 5.91 Å². The molecule has 1 fully saturated rings. The third-order valence-corrected chi connectivity index (χ3v) is 6.82. The molecule has 2 aromatic heterocycles. The average Bonchev–Trinajstić information content (AvgIpc) is 2.92. The number of benzene rings is 1. The van der Waals surface area contributed by atoms with Crippen molar-refractivity contribution in [2.75, 3.05) is 45.6 Å². The number of fused-ring (bicyclic) bond motifs is 1. The Morgan fingerprint density at radius 1 is 1.13 bits per heavy atom. The van der Waals surface area contributed by atoms with Gasteiger partial charge in [-0.2, -0.15) is 0 Å². The normalized spacial score (nSPS) is 15.6. The lowest BCUT2D eigenvalue weighted by Gasteiger charge is -2.34. The number of nitrogens with one attached hydrogen (secondary N) is 2. The molecule has 1 aliphatic rings. The van der Waals surface area contributed by atoms with E-state index in [-0.39, 0.29) is 42.2 Å². The first-order chi connectivity index (χ1) is 17.9. The van der Waals surface area contributed by atoms with Gasteiger partial charge in [-0.15, -0.1) is 12.4 Å². The van der Waals surface area contributed by atoms with Gasteiger partial charge in [0.05, 0.1) is 36.8 Å². The number of anilines is 1. The maximum absolute atomic E-state index is 13.0. The van der Waals surface area contributed by atoms with E-state index in [0.29, 0.717) is 36.4 Å². The molecule has 1 saturated heterocycles. The van der Waals surface area contributed by atoms with Gasteiger partial charge in [-0.25, -0.2) is 4.98 Å². The van der Waals surface area contributed by atoms with E-state index in [1.807, 2.05) is 31.2 Å². The molecule has 38 heavy (non-hydrogen) atoms. The van der Waals surface area contributed by atoms with Gasteiger partial charge in [-0.3, -0.25) is 19.3 Å². The van der Waals surface area contributed by atoms with Gasteiger partial charge >= 0.3 is 0 Å². The monoisotopic (exact) mass is 542 g/mol. The van der Waals surface area contributed by atoms with E-state index < -0.39 is 11.3 Å². The van der Waals surface area contributed by atoms with Crippen molar-refractivity contribution >= 4 is 41.1 Å². The minimum absolute atomic E-state index is 0. The molecule has 204 valence electrons. The Balaban J connectivity index is 0.00000400. The van der Waals surface area contributed by atoms with Crippen LogP contribution in [0.1, 0.15) is 29.8 Å². The van der Waals surface area contributed by atoms with E-state index in [2.05, 4.69) is 22.5 Å². The van der Waals surface area contributed by atoms with Crippen LogP contribution in [0.4, 0.5) is 5.82 Å². The smallest absolute Gasteiger partial charge is 0.258 e. The van der Waals surface area contributed by atoms with Crippen molar-refractivity contribution in [3.8, 4) is 11.3 Å². The standard InChI is InChI=1S/C27H34N6O4.ClH/c1-4-32-12-13-37-16-19(32)15-30-22(34)14-17-6-8-18(9-7-17)21-11-10-20-24(35)23(27(36)29-3)25(28)33(5-2)26(20)31-21;/h6-11,19H,4-5,12-16,28H2,1-3H3,(H,29,36)(H,30,34);1H. The number of amides is 2. The lowest BCUT2D eigenvalue weighted by Crippen LogP contribution is -2.51. The SMILES string of the molecule is CCN1CCOCC1CNC(=O)Cc1ccc(-c2ccc3c(=O)c(C(=O)NC)c(N)n(CC)c3n2)cc1.Cl. The second-order valence-corrected chi connectivity index (χ2v) is 9.02. The number of hydrogen-bond donors (Lipinski definition) is 3. The minimum atomic E-state index is -0.523. The largest absolute Gasteiger partial charge is 0.384 e. The number of nitrogen functional groups attached to an aromatic ring is 1. The molecular formula is C27H35ClN6O4. The summed E-state index contributed by atoms with van der Waals surface area (Å²) in [7, 11) is 1.46. The summed E-state index contributed by atoms with van der Waals surface area (Å²) in [6.07, 6.45) is 0.277. The average molecular weight is 543 g/mol. The van der Waals surface area contributed by atoms with Crippen LogP contribution in [0.5, 0.6) is 0 Å². The van der Waals surface area contributed by atoms with E-state index >= 15 is 0 Å². The number of nitrogens with zero attached hydrogens (tertiary/aromatic N) is 3. The summed E-state index contributed by atoms with van der Waals surface area (Å²) in [5.41, 5.74) is 8.49. The van der Waals surface area contributed by atoms with Crippen molar-refractivity contribution in [3.05, 3.63) is 57.7 Å². The van der Waals surface area contributed by atoms with Crippen molar-refractivity contribution in [2.45, 2.75) is 32.9 Å². The van der Waals surface area contributed by atoms with Crippen LogP contribution in [0.3, 0.4) is 0 Å². The van der Waals surface area contributed by atoms with Crippen LogP contribution < -0.4 is 21.8 Å². The van der Waals surface area contributed by atoms with Crippen LogP contribution in [-0.2, 0) is 22.5 Å². The second-order valence-electron chi connectivity index (χ2n) is 9.02. The molecular weight excluding hydrogens is 508 g/mol. The van der Waals surface area contributed by atoms with Crippen LogP contribution in [0.25, 0.3) is 22.3 Å². The molecule has 1 aromatic carbocycles. The first-order valence-corrected chi connectivity index (χ1v) is 12.6. The van der Waals surface area contributed by atoms with Gasteiger partial charge in [0.15, 0.2) is 0 Å².